The van der Waals surface area contributed by atoms with E-state index in [1.165, 1.54) is 11.8 Å². The zero-order valence-corrected chi connectivity index (χ0v) is 13.0. The van der Waals surface area contributed by atoms with E-state index in [0.29, 0.717) is 35.0 Å². The van der Waals surface area contributed by atoms with Gasteiger partial charge in [0.05, 0.1) is 19.3 Å². The number of hydrogen-bond acceptors (Lipinski definition) is 8. The van der Waals surface area contributed by atoms with Crippen LogP contribution in [0.2, 0.25) is 0 Å². The quantitative estimate of drug-likeness (QED) is 0.641. The highest BCUT2D eigenvalue weighted by atomic mass is 32.2. The first kappa shape index (κ1) is 14.6. The third kappa shape index (κ3) is 3.64. The van der Waals surface area contributed by atoms with E-state index in [1.54, 1.807) is 14.0 Å². The fourth-order valence-electron chi connectivity index (χ4n) is 1.81. The topological polar surface area (TPSA) is 87.1 Å². The molecule has 0 aliphatic heterocycles. The van der Waals surface area contributed by atoms with Crippen LogP contribution in [0.15, 0.2) is 38.4 Å². The van der Waals surface area contributed by atoms with E-state index in [4.69, 9.17) is 13.7 Å². The van der Waals surface area contributed by atoms with Gasteiger partial charge in [-0.05, 0) is 24.6 Å². The van der Waals surface area contributed by atoms with Gasteiger partial charge in [-0.25, -0.2) is 0 Å². The molecule has 8 heteroatoms. The maximum Gasteiger partial charge on any atom is 0.277 e. The van der Waals surface area contributed by atoms with Crippen molar-refractivity contribution in [1.29, 1.82) is 0 Å². The molecule has 7 nitrogen and oxygen atoms in total. The third-order valence-corrected chi connectivity index (χ3v) is 3.65. The summed E-state index contributed by atoms with van der Waals surface area (Å²) in [6.45, 7) is 1.78. The van der Waals surface area contributed by atoms with Crippen molar-refractivity contribution < 1.29 is 13.7 Å². The summed E-state index contributed by atoms with van der Waals surface area (Å²) in [6.07, 6.45) is 0.581. The van der Waals surface area contributed by atoms with Gasteiger partial charge >= 0.3 is 0 Å². The molecule has 0 spiro atoms. The van der Waals surface area contributed by atoms with E-state index in [1.807, 2.05) is 24.3 Å². The van der Waals surface area contributed by atoms with Gasteiger partial charge in [0.15, 0.2) is 5.82 Å². The Bertz CT molecular complexity index is 739. The summed E-state index contributed by atoms with van der Waals surface area (Å²) < 4.78 is 15.7. The highest BCUT2D eigenvalue weighted by Gasteiger charge is 2.10. The number of rotatable bonds is 6. The Hall–Kier alpha value is -2.35. The normalized spacial score (nSPS) is 10.8. The lowest BCUT2D eigenvalue weighted by molar-refractivity contribution is 0.385. The van der Waals surface area contributed by atoms with E-state index in [0.717, 1.165) is 11.3 Å². The summed E-state index contributed by atoms with van der Waals surface area (Å²) in [4.78, 5) is 4.12. The van der Waals surface area contributed by atoms with Crippen molar-refractivity contribution in [3.05, 3.63) is 47.4 Å². The Morgan fingerprint density at radius 3 is 2.64 bits per heavy atom. The summed E-state index contributed by atoms with van der Waals surface area (Å²) in [7, 11) is 1.64. The van der Waals surface area contributed by atoms with Crippen LogP contribution in [0.5, 0.6) is 5.75 Å². The lowest BCUT2D eigenvalue weighted by Gasteiger charge is -2.00. The van der Waals surface area contributed by atoms with Crippen molar-refractivity contribution in [2.24, 2.45) is 0 Å². The smallest absolute Gasteiger partial charge is 0.277 e. The van der Waals surface area contributed by atoms with Crippen LogP contribution in [0, 0.1) is 6.92 Å². The molecule has 0 radical (unpaired) electrons. The molecule has 22 heavy (non-hydrogen) atoms. The first-order valence-corrected chi connectivity index (χ1v) is 7.59. The van der Waals surface area contributed by atoms with Crippen molar-refractivity contribution in [2.45, 2.75) is 24.3 Å². The number of benzene rings is 1. The van der Waals surface area contributed by atoms with Gasteiger partial charge in [-0.2, -0.15) is 4.98 Å². The summed E-state index contributed by atoms with van der Waals surface area (Å²) in [5.41, 5.74) is 1.08. The van der Waals surface area contributed by atoms with E-state index in [9.17, 15) is 0 Å². The Labute approximate surface area is 131 Å². The minimum atomic E-state index is 0.486. The van der Waals surface area contributed by atoms with E-state index >= 15 is 0 Å². The second-order valence-electron chi connectivity index (χ2n) is 4.51. The van der Waals surface area contributed by atoms with Crippen LogP contribution >= 0.6 is 11.8 Å². The molecule has 0 aliphatic carbocycles. The summed E-state index contributed by atoms with van der Waals surface area (Å²) in [6, 6.07) is 7.74. The maximum atomic E-state index is 5.59. The molecule has 0 atom stereocenters. The molecule has 0 saturated heterocycles. The van der Waals surface area contributed by atoms with Crippen molar-refractivity contribution >= 4 is 11.8 Å². The standard InChI is InChI=1S/C14H14N4O3S/c1-9-15-13(21-18-9)8-22-14-17-16-12(20-14)7-10-3-5-11(19-2)6-4-10/h3-6H,7-8H2,1-2H3. The second-order valence-corrected chi connectivity index (χ2v) is 5.44. The lowest BCUT2D eigenvalue weighted by Crippen LogP contribution is -1.89. The minimum Gasteiger partial charge on any atom is -0.497 e. The van der Waals surface area contributed by atoms with Crippen LogP contribution in [0.3, 0.4) is 0 Å². The molecule has 0 bridgehead atoms. The van der Waals surface area contributed by atoms with Gasteiger partial charge in [0.25, 0.3) is 5.22 Å². The molecule has 2 heterocycles. The second kappa shape index (κ2) is 6.61. The predicted molar refractivity (Wildman–Crippen MR) is 78.7 cm³/mol. The number of aryl methyl sites for hydroxylation is 1. The van der Waals surface area contributed by atoms with Crippen LogP contribution < -0.4 is 4.74 Å². The van der Waals surface area contributed by atoms with Gasteiger partial charge in [0.1, 0.15) is 5.75 Å². The molecule has 0 amide bonds. The highest BCUT2D eigenvalue weighted by Crippen LogP contribution is 2.22. The number of aromatic nitrogens is 4. The Morgan fingerprint density at radius 2 is 1.95 bits per heavy atom. The third-order valence-electron chi connectivity index (χ3n) is 2.85. The van der Waals surface area contributed by atoms with Crippen LogP contribution in [-0.2, 0) is 12.2 Å². The molecular formula is C14H14N4O3S. The van der Waals surface area contributed by atoms with E-state index < -0.39 is 0 Å². The van der Waals surface area contributed by atoms with Gasteiger partial charge in [0, 0.05) is 0 Å². The molecule has 0 N–H and O–H groups in total. The summed E-state index contributed by atoms with van der Waals surface area (Å²) in [5.74, 6) is 3.04. The number of nitrogens with zero attached hydrogens (tertiary/aromatic N) is 4. The van der Waals surface area contributed by atoms with Crippen LogP contribution in [0.4, 0.5) is 0 Å². The monoisotopic (exact) mass is 318 g/mol. The first-order valence-electron chi connectivity index (χ1n) is 6.60. The Kier molecular flexibility index (Phi) is 4.38. The average Bonchev–Trinajstić information content (AvgIpc) is 3.15. The van der Waals surface area contributed by atoms with Crippen molar-refractivity contribution in [3.8, 4) is 5.75 Å². The zero-order valence-electron chi connectivity index (χ0n) is 12.1. The number of hydrogen-bond donors (Lipinski definition) is 0. The van der Waals surface area contributed by atoms with Crippen LogP contribution in [0.1, 0.15) is 23.2 Å². The number of ether oxygens (including phenoxy) is 1. The van der Waals surface area contributed by atoms with Crippen molar-refractivity contribution in [1.82, 2.24) is 20.3 Å². The summed E-state index contributed by atoms with van der Waals surface area (Å²) in [5, 5.41) is 12.2. The molecule has 0 saturated carbocycles. The highest BCUT2D eigenvalue weighted by molar-refractivity contribution is 7.98. The maximum absolute atomic E-state index is 5.59. The Morgan fingerprint density at radius 1 is 1.14 bits per heavy atom. The molecule has 0 unspecified atom stereocenters. The van der Waals surface area contributed by atoms with Crippen LogP contribution in [-0.4, -0.2) is 27.4 Å². The van der Waals surface area contributed by atoms with Gasteiger partial charge in [-0.1, -0.05) is 29.1 Å². The largest absolute Gasteiger partial charge is 0.497 e. The van der Waals surface area contributed by atoms with Gasteiger partial charge < -0.3 is 13.7 Å². The minimum absolute atomic E-state index is 0.486. The number of thioether (sulfide) groups is 1. The van der Waals surface area contributed by atoms with E-state index in [2.05, 4.69) is 20.3 Å². The lowest BCUT2D eigenvalue weighted by atomic mass is 10.1. The average molecular weight is 318 g/mol. The molecule has 2 aromatic heterocycles. The molecular weight excluding hydrogens is 304 g/mol. The van der Waals surface area contributed by atoms with Crippen LogP contribution in [0.25, 0.3) is 0 Å². The predicted octanol–water partition coefficient (Wildman–Crippen LogP) is 2.65. The van der Waals surface area contributed by atoms with E-state index in [-0.39, 0.29) is 0 Å². The number of methoxy groups -OCH3 is 1. The van der Waals surface area contributed by atoms with Gasteiger partial charge in [-0.15, -0.1) is 10.2 Å². The van der Waals surface area contributed by atoms with Gasteiger partial charge in [-0.3, -0.25) is 0 Å². The van der Waals surface area contributed by atoms with Crippen molar-refractivity contribution in [2.75, 3.05) is 7.11 Å². The Balaban J connectivity index is 1.58. The molecule has 0 fully saturated rings. The van der Waals surface area contributed by atoms with Gasteiger partial charge in [0.2, 0.25) is 11.8 Å². The fourth-order valence-corrected chi connectivity index (χ4v) is 2.43. The summed E-state index contributed by atoms with van der Waals surface area (Å²) >= 11 is 1.37. The molecule has 3 aromatic rings. The molecule has 0 aliphatic rings. The first-order chi connectivity index (χ1) is 10.7. The van der Waals surface area contributed by atoms with Crippen molar-refractivity contribution in [3.63, 3.8) is 0 Å². The fraction of sp³-hybridized carbons (Fsp3) is 0.286. The zero-order chi connectivity index (χ0) is 15.4. The SMILES string of the molecule is COc1ccc(Cc2nnc(SCc3nc(C)no3)o2)cc1. The molecule has 3 rings (SSSR count). The molecule has 114 valence electrons. The molecule has 1 aromatic carbocycles.